The molecule has 0 radical (unpaired) electrons. The lowest BCUT2D eigenvalue weighted by atomic mass is 9.49. The topological polar surface area (TPSA) is 116 Å². The molecule has 3 heterocycles. The highest BCUT2D eigenvalue weighted by atomic mass is 35.5. The number of amides is 4. The van der Waals surface area contributed by atoms with E-state index >= 15 is 4.39 Å². The van der Waals surface area contributed by atoms with Gasteiger partial charge in [-0.1, -0.05) is 70.3 Å². The van der Waals surface area contributed by atoms with Crippen LogP contribution in [0.4, 0.5) is 15.8 Å². The summed E-state index contributed by atoms with van der Waals surface area (Å²) in [4.78, 5) is 59.9. The minimum absolute atomic E-state index is 0.104. The largest absolute Gasteiger partial charge is 0.489 e. The zero-order chi connectivity index (χ0) is 41.4. The van der Waals surface area contributed by atoms with Crippen LogP contribution in [0.25, 0.3) is 4.85 Å². The Labute approximate surface area is 345 Å². The molecule has 1 unspecified atom stereocenters. The summed E-state index contributed by atoms with van der Waals surface area (Å²) in [6.45, 7) is 19.7. The first-order chi connectivity index (χ1) is 27.7. The van der Waals surface area contributed by atoms with Crippen LogP contribution in [-0.2, 0) is 22.6 Å². The van der Waals surface area contributed by atoms with Crippen LogP contribution in [0.1, 0.15) is 98.1 Å². The zero-order valence-corrected chi connectivity index (χ0v) is 34.5. The number of ether oxygens (including phenoxy) is 1. The lowest BCUT2D eigenvalue weighted by molar-refractivity contribution is -0.164. The van der Waals surface area contributed by atoms with Crippen LogP contribution in [-0.4, -0.2) is 84.3 Å². The lowest BCUT2D eigenvalue weighted by Crippen LogP contribution is -2.74. The predicted molar refractivity (Wildman–Crippen MR) is 221 cm³/mol. The van der Waals surface area contributed by atoms with E-state index in [1.54, 1.807) is 24.3 Å². The summed E-state index contributed by atoms with van der Waals surface area (Å²) in [6, 6.07) is 15.2. The normalized spacial score (nSPS) is 22.5. The molecule has 7 rings (SSSR count). The second-order valence-electron chi connectivity index (χ2n) is 17.3. The van der Waals surface area contributed by atoms with Crippen LogP contribution in [0.5, 0.6) is 5.75 Å². The van der Waals surface area contributed by atoms with Gasteiger partial charge in [-0.25, -0.2) is 9.24 Å². The molecule has 1 atom stereocenters. The maximum atomic E-state index is 15.3. The summed E-state index contributed by atoms with van der Waals surface area (Å²) in [6.07, 6.45) is 5.60. The van der Waals surface area contributed by atoms with E-state index in [9.17, 15) is 19.2 Å². The fourth-order valence-electron chi connectivity index (χ4n) is 9.67. The number of nitrogens with zero attached hydrogens (tertiary/aromatic N) is 4. The van der Waals surface area contributed by atoms with Gasteiger partial charge in [0.2, 0.25) is 17.5 Å². The Bertz CT molecular complexity index is 2110. The molecule has 2 saturated heterocycles. The first-order valence-corrected chi connectivity index (χ1v) is 20.7. The Morgan fingerprint density at radius 1 is 0.966 bits per heavy atom. The number of piperidine rings is 1. The molecule has 58 heavy (non-hydrogen) atoms. The van der Waals surface area contributed by atoms with Crippen molar-refractivity contribution in [2.75, 3.05) is 37.6 Å². The molecule has 4 aliphatic rings. The molecule has 0 spiro atoms. The Balaban J connectivity index is 0.802. The van der Waals surface area contributed by atoms with Gasteiger partial charge in [-0.15, -0.1) is 0 Å². The van der Waals surface area contributed by atoms with Crippen LogP contribution < -0.4 is 20.3 Å². The maximum Gasteiger partial charge on any atom is 0.255 e. The summed E-state index contributed by atoms with van der Waals surface area (Å²) >= 11 is 6.24. The molecule has 3 fully saturated rings. The second-order valence-corrected chi connectivity index (χ2v) is 17.7. The van der Waals surface area contributed by atoms with Crippen LogP contribution in [0, 0.1) is 23.2 Å². The number of halogens is 2. The van der Waals surface area contributed by atoms with Gasteiger partial charge >= 0.3 is 0 Å². The van der Waals surface area contributed by atoms with Crippen molar-refractivity contribution < 1.29 is 28.3 Å². The number of benzene rings is 3. The van der Waals surface area contributed by atoms with Crippen LogP contribution in [0.3, 0.4) is 0 Å². The SMILES string of the molecule is [C-]#[N+]c1ccc(OC2C(C)(C)C(NC(=O)c3ccc(CCCCCCN4CCN(c5cc6c(cc5F)CN(C5CCC(=O)NC5=O)C6=O)CC4)cc3)C2(C)C)cc1Cl. The lowest BCUT2D eigenvalue weighted by Gasteiger charge is -2.63. The Morgan fingerprint density at radius 2 is 1.67 bits per heavy atom. The number of carbonyl (C=O) groups excluding carboxylic acids is 4. The number of nitrogens with one attached hydrogen (secondary N) is 2. The Morgan fingerprint density at radius 3 is 2.34 bits per heavy atom. The van der Waals surface area contributed by atoms with Gasteiger partial charge in [0.05, 0.1) is 17.3 Å². The van der Waals surface area contributed by atoms with E-state index in [2.05, 4.69) is 48.1 Å². The molecule has 0 bridgehead atoms. The number of piperazine rings is 1. The number of unbranched alkanes of at least 4 members (excludes halogenated alkanes) is 3. The van der Waals surface area contributed by atoms with Gasteiger partial charge in [0, 0.05) is 67.1 Å². The average Bonchev–Trinajstić information content (AvgIpc) is 3.51. The van der Waals surface area contributed by atoms with Crippen molar-refractivity contribution >= 4 is 46.6 Å². The van der Waals surface area contributed by atoms with Crippen LogP contribution in [0.2, 0.25) is 5.02 Å². The van der Waals surface area contributed by atoms with Gasteiger partial charge in [0.1, 0.15) is 23.7 Å². The van der Waals surface area contributed by atoms with Gasteiger partial charge in [-0.05, 0) is 79.8 Å². The molecule has 3 aromatic carbocycles. The summed E-state index contributed by atoms with van der Waals surface area (Å²) in [7, 11) is 0. The number of hydrogen-bond donors (Lipinski definition) is 2. The molecule has 2 N–H and O–H groups in total. The molecule has 1 saturated carbocycles. The molecule has 1 aliphatic carbocycles. The monoisotopic (exact) mass is 810 g/mol. The maximum absolute atomic E-state index is 15.3. The molecule has 0 aromatic heterocycles. The van der Waals surface area contributed by atoms with Crippen molar-refractivity contribution in [1.82, 2.24) is 20.4 Å². The number of aryl methyl sites for hydroxylation is 1. The highest BCUT2D eigenvalue weighted by Crippen LogP contribution is 2.55. The van der Waals surface area contributed by atoms with Crippen molar-refractivity contribution in [3.8, 4) is 5.75 Å². The number of anilines is 1. The highest BCUT2D eigenvalue weighted by molar-refractivity contribution is 6.33. The minimum atomic E-state index is -0.722. The van der Waals surface area contributed by atoms with Crippen molar-refractivity contribution in [2.45, 2.75) is 97.4 Å². The fourth-order valence-corrected chi connectivity index (χ4v) is 9.88. The molecular weight excluding hydrogens is 759 g/mol. The van der Waals surface area contributed by atoms with Gasteiger partial charge in [-0.2, -0.15) is 0 Å². The van der Waals surface area contributed by atoms with E-state index in [4.69, 9.17) is 22.9 Å². The summed E-state index contributed by atoms with van der Waals surface area (Å²) in [5, 5.41) is 5.93. The first-order valence-electron chi connectivity index (χ1n) is 20.3. The van der Waals surface area contributed by atoms with E-state index in [0.29, 0.717) is 51.9 Å². The van der Waals surface area contributed by atoms with Crippen molar-refractivity contribution in [3.63, 3.8) is 0 Å². The molecule has 13 heteroatoms. The standard InChI is InChI=1S/C45H52ClFN6O5/c1-44(2)42(45(3,4)43(44)58-31-15-16-35(48-5)33(46)25-31)50-39(55)29-13-11-28(12-14-29)10-8-6-7-9-19-51-20-22-52(23-21-51)37-26-32-30(24-34(37)47)27-53(41(32)57)36-17-18-38(54)49-40(36)56/h11-16,24-26,36,42-43H,6-10,17-23,27H2,1-4H3,(H,50,55)(H,49,54,56). The Hall–Kier alpha value is -4.99. The van der Waals surface area contributed by atoms with Crippen molar-refractivity contribution in [1.29, 1.82) is 0 Å². The summed E-state index contributed by atoms with van der Waals surface area (Å²) in [5.41, 5.74) is 2.97. The quantitative estimate of drug-likeness (QED) is 0.106. The van der Waals surface area contributed by atoms with Gasteiger partial charge < -0.3 is 19.9 Å². The van der Waals surface area contributed by atoms with E-state index in [-0.39, 0.29) is 65.9 Å². The number of rotatable bonds is 13. The predicted octanol–water partition coefficient (Wildman–Crippen LogP) is 7.33. The number of hydrogen-bond acceptors (Lipinski definition) is 7. The van der Waals surface area contributed by atoms with Gasteiger partial charge in [0.15, 0.2) is 0 Å². The average molecular weight is 811 g/mol. The van der Waals surface area contributed by atoms with E-state index in [1.807, 2.05) is 29.2 Å². The van der Waals surface area contributed by atoms with Gasteiger partial charge in [0.25, 0.3) is 11.8 Å². The van der Waals surface area contributed by atoms with E-state index in [0.717, 1.165) is 51.7 Å². The number of imide groups is 1. The van der Waals surface area contributed by atoms with E-state index in [1.165, 1.54) is 16.5 Å². The number of fused-ring (bicyclic) bond motifs is 1. The zero-order valence-electron chi connectivity index (χ0n) is 33.7. The molecule has 11 nitrogen and oxygen atoms in total. The van der Waals surface area contributed by atoms with E-state index < -0.39 is 11.9 Å². The summed E-state index contributed by atoms with van der Waals surface area (Å²) < 4.78 is 21.7. The smallest absolute Gasteiger partial charge is 0.255 e. The molecular formula is C45H52ClFN6O5. The molecule has 3 aliphatic heterocycles. The highest BCUT2D eigenvalue weighted by Gasteiger charge is 2.64. The second kappa shape index (κ2) is 16.7. The first kappa shape index (κ1) is 41.2. The fraction of sp³-hybridized carbons (Fsp3) is 0.489. The molecule has 306 valence electrons. The van der Waals surface area contributed by atoms with Crippen LogP contribution >= 0.6 is 11.6 Å². The summed E-state index contributed by atoms with van der Waals surface area (Å²) in [5.74, 6) is -0.965. The third-order valence-corrected chi connectivity index (χ3v) is 12.9. The third-order valence-electron chi connectivity index (χ3n) is 12.6. The number of carbonyl (C=O) groups is 4. The minimum Gasteiger partial charge on any atom is -0.489 e. The molecule has 4 amide bonds. The van der Waals surface area contributed by atoms with Crippen molar-refractivity contribution in [2.24, 2.45) is 10.8 Å². The Kier molecular flexibility index (Phi) is 11.9. The van der Waals surface area contributed by atoms with Crippen LogP contribution in [0.15, 0.2) is 54.6 Å². The molecule has 3 aromatic rings. The third kappa shape index (κ3) is 8.30. The van der Waals surface area contributed by atoms with Crippen molar-refractivity contribution in [3.05, 3.63) is 99.1 Å². The van der Waals surface area contributed by atoms with Gasteiger partial charge in [-0.3, -0.25) is 29.4 Å².